The maximum absolute atomic E-state index is 10.4. The Balaban J connectivity index is 2.06. The van der Waals surface area contributed by atoms with Gasteiger partial charge in [-0.2, -0.15) is 5.26 Å². The molecule has 2 heteroatoms. The second-order valence-corrected chi connectivity index (χ2v) is 6.13. The first-order chi connectivity index (χ1) is 6.47. The third kappa shape index (κ3) is 0.995. The molecule has 4 fully saturated rings. The van der Waals surface area contributed by atoms with E-state index in [1.54, 1.807) is 0 Å². The van der Waals surface area contributed by atoms with E-state index in [1.807, 2.05) is 0 Å². The first-order valence-corrected chi connectivity index (χ1v) is 5.46. The van der Waals surface area contributed by atoms with E-state index in [4.69, 9.17) is 0 Å². The molecule has 0 aromatic heterocycles. The summed E-state index contributed by atoms with van der Waals surface area (Å²) in [6.07, 6.45) is 5.47. The van der Waals surface area contributed by atoms with Crippen LogP contribution in [0.1, 0.15) is 38.5 Å². The molecule has 0 amide bonds. The second kappa shape index (κ2) is 2.17. The van der Waals surface area contributed by atoms with Gasteiger partial charge in [-0.15, -0.1) is 0 Å². The molecule has 0 aromatic carbocycles. The summed E-state index contributed by atoms with van der Waals surface area (Å²) in [5, 5.41) is 19.6. The number of nitriles is 1. The predicted octanol–water partition coefficient (Wildman–Crippen LogP) is 2.05. The molecule has 4 rings (SSSR count). The van der Waals surface area contributed by atoms with Crippen LogP contribution in [0.25, 0.3) is 0 Å². The number of hydrogen-bond acceptors (Lipinski definition) is 2. The summed E-state index contributed by atoms with van der Waals surface area (Å²) in [6.45, 7) is 4.26. The highest BCUT2D eigenvalue weighted by Crippen LogP contribution is 2.65. The van der Waals surface area contributed by atoms with Crippen LogP contribution >= 0.6 is 0 Å². The molecule has 0 spiro atoms. The van der Waals surface area contributed by atoms with E-state index in [1.165, 1.54) is 0 Å². The highest BCUT2D eigenvalue weighted by Gasteiger charge is 2.61. The summed E-state index contributed by atoms with van der Waals surface area (Å²) in [6, 6.07) is 2.46. The molecular weight excluding hydrogens is 174 g/mol. The maximum Gasteiger partial charge on any atom is 0.0691 e. The summed E-state index contributed by atoms with van der Waals surface area (Å²) < 4.78 is 0. The van der Waals surface area contributed by atoms with Crippen molar-refractivity contribution in [3.63, 3.8) is 0 Å². The number of aliphatic hydroxyl groups is 1. The average molecular weight is 190 g/mol. The molecule has 75 valence electrons. The van der Waals surface area contributed by atoms with Crippen LogP contribution in [-0.2, 0) is 0 Å². The Kier molecular flexibility index (Phi) is 1.35. The quantitative estimate of drug-likeness (QED) is 0.635. The maximum atomic E-state index is 10.4. The van der Waals surface area contributed by atoms with E-state index < -0.39 is 5.60 Å². The average Bonchev–Trinajstić information content (AvgIpc) is 1.97. The molecule has 0 aliphatic heterocycles. The van der Waals surface area contributed by atoms with E-state index in [2.05, 4.69) is 13.0 Å². The van der Waals surface area contributed by atoms with E-state index in [9.17, 15) is 10.4 Å². The largest absolute Gasteiger partial charge is 0.390 e. The van der Waals surface area contributed by atoms with Crippen LogP contribution in [0.5, 0.6) is 0 Å². The Morgan fingerprint density at radius 3 is 2.57 bits per heavy atom. The lowest BCUT2D eigenvalue weighted by Crippen LogP contribution is -2.58. The molecule has 4 aliphatic rings. The Morgan fingerprint density at radius 2 is 2.00 bits per heavy atom. The van der Waals surface area contributed by atoms with E-state index in [0.29, 0.717) is 12.3 Å². The normalized spacial score (nSPS) is 59.9. The Bertz CT molecular complexity index is 312. The highest BCUT2D eigenvalue weighted by atomic mass is 16.3. The van der Waals surface area contributed by atoms with Crippen molar-refractivity contribution in [1.82, 2.24) is 0 Å². The molecule has 1 N–H and O–H groups in total. The van der Waals surface area contributed by atoms with Crippen molar-refractivity contribution >= 4 is 0 Å². The lowest BCUT2D eigenvalue weighted by atomic mass is 9.43. The molecule has 0 heterocycles. The van der Waals surface area contributed by atoms with Gasteiger partial charge >= 0.3 is 0 Å². The summed E-state index contributed by atoms with van der Waals surface area (Å²) in [5.41, 5.74) is -0.795. The van der Waals surface area contributed by atoms with Gasteiger partial charge in [-0.05, 0) is 56.8 Å². The zero-order valence-corrected chi connectivity index (χ0v) is 8.42. The molecule has 0 saturated heterocycles. The van der Waals surface area contributed by atoms with Gasteiger partial charge in [0.15, 0.2) is 0 Å². The van der Waals surface area contributed by atoms with Crippen molar-refractivity contribution in [1.29, 1.82) is 5.26 Å². The van der Waals surface area contributed by atoms with E-state index >= 15 is 0 Å². The van der Waals surface area contributed by atoms with Gasteiger partial charge in [0.05, 0.1) is 17.1 Å². The Hall–Kier alpha value is -0.550. The lowest BCUT2D eigenvalue weighted by Gasteiger charge is -2.62. The van der Waals surface area contributed by atoms with Crippen LogP contribution in [0.3, 0.4) is 0 Å². The summed E-state index contributed by atoms with van der Waals surface area (Å²) in [5.74, 6) is 0.549. The minimum Gasteiger partial charge on any atom is -0.390 e. The molecule has 4 aliphatic carbocycles. The second-order valence-electron chi connectivity index (χ2n) is 6.13. The monoisotopic (exact) mass is 190 g/mol. The van der Waals surface area contributed by atoms with Gasteiger partial charge in [-0.1, -0.05) is 0 Å². The molecular formula is C12H16NO. The summed E-state index contributed by atoms with van der Waals surface area (Å²) >= 11 is 0. The number of hydrogen-bond donors (Lipinski definition) is 1. The van der Waals surface area contributed by atoms with Gasteiger partial charge in [0.1, 0.15) is 0 Å². The topological polar surface area (TPSA) is 44.0 Å². The van der Waals surface area contributed by atoms with Crippen LogP contribution in [0.4, 0.5) is 0 Å². The fourth-order valence-electron chi connectivity index (χ4n) is 4.71. The molecule has 0 aromatic rings. The molecule has 4 saturated carbocycles. The van der Waals surface area contributed by atoms with Crippen LogP contribution in [0.15, 0.2) is 0 Å². The molecule has 1 radical (unpaired) electrons. The molecule has 4 unspecified atom stereocenters. The van der Waals surface area contributed by atoms with Crippen molar-refractivity contribution in [2.24, 2.45) is 16.7 Å². The summed E-state index contributed by atoms with van der Waals surface area (Å²) in [7, 11) is 0. The van der Waals surface area contributed by atoms with Crippen molar-refractivity contribution in [3.05, 3.63) is 6.92 Å². The molecule has 14 heavy (non-hydrogen) atoms. The highest BCUT2D eigenvalue weighted by molar-refractivity contribution is 5.20. The predicted molar refractivity (Wildman–Crippen MR) is 52.0 cm³/mol. The van der Waals surface area contributed by atoms with Gasteiger partial charge < -0.3 is 5.11 Å². The fourth-order valence-corrected chi connectivity index (χ4v) is 4.71. The minimum atomic E-state index is -0.559. The third-order valence-electron chi connectivity index (χ3n) is 4.39. The van der Waals surface area contributed by atoms with Crippen molar-refractivity contribution < 1.29 is 5.11 Å². The van der Waals surface area contributed by atoms with Gasteiger partial charge in [-0.3, -0.25) is 0 Å². The third-order valence-corrected chi connectivity index (χ3v) is 4.39. The van der Waals surface area contributed by atoms with Crippen LogP contribution in [0.2, 0.25) is 0 Å². The van der Waals surface area contributed by atoms with Crippen molar-refractivity contribution in [3.8, 4) is 6.07 Å². The lowest BCUT2D eigenvalue weighted by molar-refractivity contribution is -0.169. The van der Waals surface area contributed by atoms with Crippen LogP contribution in [-0.4, -0.2) is 10.7 Å². The molecule has 4 bridgehead atoms. The van der Waals surface area contributed by atoms with E-state index in [0.717, 1.165) is 32.1 Å². The molecule has 2 nitrogen and oxygen atoms in total. The number of rotatable bonds is 0. The number of nitrogens with zero attached hydrogens (tertiary/aromatic N) is 1. The van der Waals surface area contributed by atoms with Crippen molar-refractivity contribution in [2.75, 3.05) is 0 Å². The first-order valence-electron chi connectivity index (χ1n) is 5.46. The SMILES string of the molecule is [CH2]C12CC3CC(O)(C1)CC(C#N)(C3)C2. The van der Waals surface area contributed by atoms with Gasteiger partial charge in [0.25, 0.3) is 0 Å². The van der Waals surface area contributed by atoms with Crippen LogP contribution in [0, 0.1) is 35.0 Å². The zero-order chi connectivity index (χ0) is 10.0. The van der Waals surface area contributed by atoms with Gasteiger partial charge in [0, 0.05) is 0 Å². The zero-order valence-electron chi connectivity index (χ0n) is 8.42. The van der Waals surface area contributed by atoms with E-state index in [-0.39, 0.29) is 10.8 Å². The van der Waals surface area contributed by atoms with Crippen LogP contribution < -0.4 is 0 Å². The molecule has 4 atom stereocenters. The van der Waals surface area contributed by atoms with Crippen molar-refractivity contribution in [2.45, 2.75) is 44.1 Å². The van der Waals surface area contributed by atoms with Gasteiger partial charge in [-0.25, -0.2) is 0 Å². The first kappa shape index (κ1) is 8.73. The Morgan fingerprint density at radius 1 is 1.21 bits per heavy atom. The summed E-state index contributed by atoms with van der Waals surface area (Å²) in [4.78, 5) is 0. The minimum absolute atomic E-state index is 0.00387. The van der Waals surface area contributed by atoms with Gasteiger partial charge in [0.2, 0.25) is 0 Å². The fraction of sp³-hybridized carbons (Fsp3) is 0.833. The Labute approximate surface area is 84.9 Å². The standard InChI is InChI=1S/C12H16NO/c1-10-2-9-3-11(5-10,8-13)7-12(14,4-9)6-10/h9,14H,1-7H2. The smallest absolute Gasteiger partial charge is 0.0691 e.